The SMILES string of the molecule is COc1ccc(CN(C[C@@H]2CCCO2)C(=O)Nc2ccc3[nH]ncc3c2)cc1. The van der Waals surface area contributed by atoms with Gasteiger partial charge in [-0.2, -0.15) is 5.10 Å². The van der Waals surface area contributed by atoms with Crippen LogP contribution in [0.25, 0.3) is 10.9 Å². The number of aromatic amines is 1. The van der Waals surface area contributed by atoms with Gasteiger partial charge < -0.3 is 19.7 Å². The van der Waals surface area contributed by atoms with E-state index in [2.05, 4.69) is 15.5 Å². The molecule has 2 N–H and O–H groups in total. The van der Waals surface area contributed by atoms with E-state index in [1.54, 1.807) is 18.2 Å². The van der Waals surface area contributed by atoms with E-state index < -0.39 is 0 Å². The molecule has 2 amide bonds. The molecule has 0 radical (unpaired) electrons. The molecule has 0 unspecified atom stereocenters. The monoisotopic (exact) mass is 380 g/mol. The summed E-state index contributed by atoms with van der Waals surface area (Å²) in [5.41, 5.74) is 2.72. The average Bonchev–Trinajstić information content (AvgIpc) is 3.39. The zero-order chi connectivity index (χ0) is 19.3. The molecule has 0 spiro atoms. The summed E-state index contributed by atoms with van der Waals surface area (Å²) in [5.74, 6) is 0.798. The number of nitrogens with zero attached hydrogens (tertiary/aromatic N) is 2. The van der Waals surface area contributed by atoms with Crippen LogP contribution >= 0.6 is 0 Å². The Morgan fingerprint density at radius 1 is 1.32 bits per heavy atom. The molecule has 1 aliphatic rings. The second-order valence-electron chi connectivity index (χ2n) is 6.97. The van der Waals surface area contributed by atoms with Crippen LogP contribution in [0.1, 0.15) is 18.4 Å². The maximum Gasteiger partial charge on any atom is 0.322 e. The summed E-state index contributed by atoms with van der Waals surface area (Å²) in [7, 11) is 1.64. The van der Waals surface area contributed by atoms with Gasteiger partial charge in [-0.25, -0.2) is 4.79 Å². The maximum absolute atomic E-state index is 13.0. The third-order valence-corrected chi connectivity index (χ3v) is 4.96. The number of hydrogen-bond acceptors (Lipinski definition) is 4. The lowest BCUT2D eigenvalue weighted by atomic mass is 10.2. The Morgan fingerprint density at radius 2 is 2.18 bits per heavy atom. The van der Waals surface area contributed by atoms with E-state index >= 15 is 0 Å². The van der Waals surface area contributed by atoms with E-state index in [0.29, 0.717) is 13.1 Å². The van der Waals surface area contributed by atoms with Gasteiger partial charge in [0.25, 0.3) is 0 Å². The Hall–Kier alpha value is -3.06. The summed E-state index contributed by atoms with van der Waals surface area (Å²) in [6, 6.07) is 13.3. The lowest BCUT2D eigenvalue weighted by Gasteiger charge is -2.26. The van der Waals surface area contributed by atoms with Crippen molar-refractivity contribution < 1.29 is 14.3 Å². The quantitative estimate of drug-likeness (QED) is 0.682. The van der Waals surface area contributed by atoms with Crippen LogP contribution in [0.2, 0.25) is 0 Å². The largest absolute Gasteiger partial charge is 0.497 e. The van der Waals surface area contributed by atoms with E-state index in [9.17, 15) is 4.79 Å². The number of methoxy groups -OCH3 is 1. The van der Waals surface area contributed by atoms with E-state index in [4.69, 9.17) is 9.47 Å². The first-order valence-electron chi connectivity index (χ1n) is 9.45. The second-order valence-corrected chi connectivity index (χ2v) is 6.97. The molecule has 4 rings (SSSR count). The van der Waals surface area contributed by atoms with Crippen LogP contribution in [-0.2, 0) is 11.3 Å². The molecule has 1 aliphatic heterocycles. The Bertz CT molecular complexity index is 932. The van der Waals surface area contributed by atoms with Crippen molar-refractivity contribution in [3.05, 3.63) is 54.2 Å². The Balaban J connectivity index is 1.49. The number of aromatic nitrogens is 2. The Labute approximate surface area is 163 Å². The molecule has 1 atom stereocenters. The third kappa shape index (κ3) is 4.26. The Kier molecular flexibility index (Phi) is 5.43. The fourth-order valence-corrected chi connectivity index (χ4v) is 3.43. The second kappa shape index (κ2) is 8.31. The van der Waals surface area contributed by atoms with Gasteiger partial charge in [-0.05, 0) is 48.7 Å². The molecule has 0 saturated carbocycles. The molecule has 2 aromatic carbocycles. The van der Waals surface area contributed by atoms with Gasteiger partial charge >= 0.3 is 6.03 Å². The van der Waals surface area contributed by atoms with Crippen molar-refractivity contribution in [2.45, 2.75) is 25.5 Å². The first-order chi connectivity index (χ1) is 13.7. The van der Waals surface area contributed by atoms with Crippen molar-refractivity contribution in [2.75, 3.05) is 25.6 Å². The number of anilines is 1. The number of rotatable bonds is 6. The topological polar surface area (TPSA) is 79.5 Å². The van der Waals surface area contributed by atoms with E-state index in [0.717, 1.165) is 47.4 Å². The standard InChI is InChI=1S/C21H24N4O3/c1-27-18-7-4-15(5-8-18)13-25(14-19-3-2-10-28-19)21(26)23-17-6-9-20-16(11-17)12-22-24-20/h4-9,11-12,19H,2-3,10,13-14H2,1H3,(H,22,24)(H,23,26)/t19-/m0/s1. The molecule has 0 aliphatic carbocycles. The van der Waals surface area contributed by atoms with Crippen molar-refractivity contribution in [3.63, 3.8) is 0 Å². The van der Waals surface area contributed by atoms with Gasteiger partial charge in [0.1, 0.15) is 5.75 Å². The molecule has 2 heterocycles. The van der Waals surface area contributed by atoms with Crippen LogP contribution < -0.4 is 10.1 Å². The molecule has 7 nitrogen and oxygen atoms in total. The number of benzene rings is 2. The lowest BCUT2D eigenvalue weighted by Crippen LogP contribution is -2.39. The average molecular weight is 380 g/mol. The zero-order valence-corrected chi connectivity index (χ0v) is 15.9. The minimum Gasteiger partial charge on any atom is -0.497 e. The highest BCUT2D eigenvalue weighted by Gasteiger charge is 2.23. The predicted octanol–water partition coefficient (Wildman–Crippen LogP) is 3.78. The maximum atomic E-state index is 13.0. The van der Waals surface area contributed by atoms with E-state index in [-0.39, 0.29) is 12.1 Å². The van der Waals surface area contributed by atoms with Crippen LogP contribution in [-0.4, -0.2) is 47.5 Å². The summed E-state index contributed by atoms with van der Waals surface area (Å²) in [5, 5.41) is 10.9. The fraction of sp³-hybridized carbons (Fsp3) is 0.333. The molecular formula is C21H24N4O3. The highest BCUT2D eigenvalue weighted by atomic mass is 16.5. The van der Waals surface area contributed by atoms with Crippen molar-refractivity contribution in [3.8, 4) is 5.75 Å². The van der Waals surface area contributed by atoms with Crippen LogP contribution in [0.15, 0.2) is 48.7 Å². The van der Waals surface area contributed by atoms with Crippen molar-refractivity contribution in [1.29, 1.82) is 0 Å². The van der Waals surface area contributed by atoms with Gasteiger partial charge in [0.2, 0.25) is 0 Å². The van der Waals surface area contributed by atoms with Gasteiger partial charge in [-0.3, -0.25) is 5.10 Å². The van der Waals surface area contributed by atoms with E-state index in [1.807, 2.05) is 42.5 Å². The molecule has 1 fully saturated rings. The number of nitrogens with one attached hydrogen (secondary N) is 2. The fourth-order valence-electron chi connectivity index (χ4n) is 3.43. The number of hydrogen-bond donors (Lipinski definition) is 2. The summed E-state index contributed by atoms with van der Waals surface area (Å²) in [6.07, 6.45) is 3.85. The molecule has 28 heavy (non-hydrogen) atoms. The van der Waals surface area contributed by atoms with E-state index in [1.165, 1.54) is 0 Å². The van der Waals surface area contributed by atoms with Crippen LogP contribution in [0.4, 0.5) is 10.5 Å². The number of carbonyl (C=O) groups excluding carboxylic acids is 1. The van der Waals surface area contributed by atoms with Crippen LogP contribution in [0, 0.1) is 0 Å². The highest BCUT2D eigenvalue weighted by molar-refractivity contribution is 5.92. The molecule has 1 saturated heterocycles. The van der Waals surface area contributed by atoms with Crippen molar-refractivity contribution in [1.82, 2.24) is 15.1 Å². The number of amides is 2. The summed E-state index contributed by atoms with van der Waals surface area (Å²) in [4.78, 5) is 14.8. The van der Waals surface area contributed by atoms with Crippen molar-refractivity contribution in [2.24, 2.45) is 0 Å². The highest BCUT2D eigenvalue weighted by Crippen LogP contribution is 2.20. The molecule has 146 valence electrons. The number of urea groups is 1. The first kappa shape index (κ1) is 18.3. The molecule has 1 aromatic heterocycles. The molecule has 3 aromatic rings. The van der Waals surface area contributed by atoms with Gasteiger partial charge in [-0.15, -0.1) is 0 Å². The minimum atomic E-state index is -0.144. The number of carbonyl (C=O) groups is 1. The van der Waals surface area contributed by atoms with Gasteiger partial charge in [-0.1, -0.05) is 12.1 Å². The van der Waals surface area contributed by atoms with Crippen LogP contribution in [0.5, 0.6) is 5.75 Å². The van der Waals surface area contributed by atoms with Gasteiger partial charge in [0, 0.05) is 30.8 Å². The normalized spacial score (nSPS) is 16.2. The minimum absolute atomic E-state index is 0.0837. The van der Waals surface area contributed by atoms with Gasteiger partial charge in [0.05, 0.1) is 24.9 Å². The number of H-pyrrole nitrogens is 1. The first-order valence-corrected chi connectivity index (χ1v) is 9.45. The molecular weight excluding hydrogens is 356 g/mol. The number of ether oxygens (including phenoxy) is 2. The summed E-state index contributed by atoms with van der Waals surface area (Å²) >= 11 is 0. The smallest absolute Gasteiger partial charge is 0.322 e. The lowest BCUT2D eigenvalue weighted by molar-refractivity contribution is 0.0819. The van der Waals surface area contributed by atoms with Gasteiger partial charge in [0.15, 0.2) is 0 Å². The van der Waals surface area contributed by atoms with Crippen LogP contribution in [0.3, 0.4) is 0 Å². The molecule has 7 heteroatoms. The predicted molar refractivity (Wildman–Crippen MR) is 107 cm³/mol. The molecule has 0 bridgehead atoms. The zero-order valence-electron chi connectivity index (χ0n) is 15.9. The Morgan fingerprint density at radius 3 is 2.93 bits per heavy atom. The number of fused-ring (bicyclic) bond motifs is 1. The third-order valence-electron chi connectivity index (χ3n) is 4.96. The summed E-state index contributed by atoms with van der Waals surface area (Å²) in [6.45, 7) is 1.83. The summed E-state index contributed by atoms with van der Waals surface area (Å²) < 4.78 is 11.0. The van der Waals surface area contributed by atoms with Crippen molar-refractivity contribution >= 4 is 22.6 Å².